The summed E-state index contributed by atoms with van der Waals surface area (Å²) >= 11 is 0. The van der Waals surface area contributed by atoms with Crippen LogP contribution in [0.15, 0.2) is 12.4 Å². The molecule has 0 amide bonds. The Morgan fingerprint density at radius 3 is 2.43 bits per heavy atom. The topological polar surface area (TPSA) is 25.8 Å². The lowest BCUT2D eigenvalue weighted by Gasteiger charge is -2.33. The molecule has 0 aliphatic heterocycles. The van der Waals surface area contributed by atoms with Crippen molar-refractivity contribution >= 4 is 0 Å². The summed E-state index contributed by atoms with van der Waals surface area (Å²) in [6.07, 6.45) is 7.08. The van der Waals surface area contributed by atoms with Crippen LogP contribution in [-0.2, 0) is 12.8 Å². The molecular formula is C12H18N2. The molecule has 2 heteroatoms. The second-order valence-corrected chi connectivity index (χ2v) is 5.26. The van der Waals surface area contributed by atoms with Crippen LogP contribution < -0.4 is 0 Å². The van der Waals surface area contributed by atoms with Crippen LogP contribution in [0.25, 0.3) is 0 Å². The highest BCUT2D eigenvalue weighted by Crippen LogP contribution is 2.35. The van der Waals surface area contributed by atoms with Gasteiger partial charge in [-0.25, -0.2) is 0 Å². The predicted molar refractivity (Wildman–Crippen MR) is 57.0 cm³/mol. The Morgan fingerprint density at radius 1 is 1.14 bits per heavy atom. The number of hydrogen-bond donors (Lipinski definition) is 0. The summed E-state index contributed by atoms with van der Waals surface area (Å²) in [4.78, 5) is 8.79. The molecule has 0 N–H and O–H groups in total. The minimum Gasteiger partial charge on any atom is -0.258 e. The molecule has 1 unspecified atom stereocenters. The molecule has 0 spiro atoms. The third kappa shape index (κ3) is 1.79. The molecule has 1 aliphatic carbocycles. The van der Waals surface area contributed by atoms with E-state index in [9.17, 15) is 0 Å². The fraction of sp³-hybridized carbons (Fsp3) is 0.667. The van der Waals surface area contributed by atoms with Gasteiger partial charge in [0.1, 0.15) is 0 Å². The van der Waals surface area contributed by atoms with Crippen molar-refractivity contribution in [2.45, 2.75) is 40.0 Å². The van der Waals surface area contributed by atoms with E-state index >= 15 is 0 Å². The van der Waals surface area contributed by atoms with Gasteiger partial charge in [-0.3, -0.25) is 9.97 Å². The van der Waals surface area contributed by atoms with Crippen molar-refractivity contribution in [3.8, 4) is 0 Å². The van der Waals surface area contributed by atoms with Gasteiger partial charge in [-0.15, -0.1) is 0 Å². The molecular weight excluding hydrogens is 172 g/mol. The van der Waals surface area contributed by atoms with Crippen LogP contribution in [0.2, 0.25) is 0 Å². The van der Waals surface area contributed by atoms with E-state index in [4.69, 9.17) is 0 Å². The van der Waals surface area contributed by atoms with E-state index in [1.54, 1.807) is 6.20 Å². The second-order valence-electron chi connectivity index (χ2n) is 5.26. The van der Waals surface area contributed by atoms with Gasteiger partial charge in [-0.05, 0) is 30.6 Å². The maximum atomic E-state index is 4.42. The smallest absolute Gasteiger partial charge is 0.0621 e. The van der Waals surface area contributed by atoms with Crippen LogP contribution in [0.4, 0.5) is 0 Å². The van der Waals surface area contributed by atoms with E-state index in [1.807, 2.05) is 6.20 Å². The lowest BCUT2D eigenvalue weighted by Crippen LogP contribution is -2.27. The Labute approximate surface area is 85.8 Å². The molecule has 0 radical (unpaired) electrons. The summed E-state index contributed by atoms with van der Waals surface area (Å²) in [5.74, 6) is 0.756. The van der Waals surface area contributed by atoms with Gasteiger partial charge in [0.05, 0.1) is 11.4 Å². The second kappa shape index (κ2) is 3.34. The first kappa shape index (κ1) is 9.63. The number of fused-ring (bicyclic) bond motifs is 1. The molecule has 1 atom stereocenters. The zero-order valence-corrected chi connectivity index (χ0v) is 9.25. The maximum Gasteiger partial charge on any atom is 0.0621 e. The highest BCUT2D eigenvalue weighted by Gasteiger charge is 2.29. The number of hydrogen-bond acceptors (Lipinski definition) is 2. The third-order valence-corrected chi connectivity index (χ3v) is 3.25. The summed E-state index contributed by atoms with van der Waals surface area (Å²) in [5, 5.41) is 0. The molecule has 0 bridgehead atoms. The Morgan fingerprint density at radius 2 is 1.79 bits per heavy atom. The van der Waals surface area contributed by atoms with Crippen molar-refractivity contribution in [3.05, 3.63) is 23.8 Å². The molecule has 1 aromatic rings. The number of nitrogens with zero attached hydrogens (tertiary/aromatic N) is 2. The fourth-order valence-electron chi connectivity index (χ4n) is 2.16. The Balaban J connectivity index is 2.22. The fourth-order valence-corrected chi connectivity index (χ4v) is 2.16. The molecule has 0 fully saturated rings. The third-order valence-electron chi connectivity index (χ3n) is 3.25. The predicted octanol–water partition coefficient (Wildman–Crippen LogP) is 2.63. The quantitative estimate of drug-likeness (QED) is 0.628. The van der Waals surface area contributed by atoms with Crippen molar-refractivity contribution in [2.24, 2.45) is 11.3 Å². The van der Waals surface area contributed by atoms with E-state index in [-0.39, 0.29) is 0 Å². The van der Waals surface area contributed by atoms with E-state index in [0.29, 0.717) is 5.41 Å². The Hall–Kier alpha value is -0.920. The van der Waals surface area contributed by atoms with Crippen LogP contribution in [0.1, 0.15) is 38.6 Å². The molecule has 76 valence electrons. The van der Waals surface area contributed by atoms with Crippen LogP contribution >= 0.6 is 0 Å². The van der Waals surface area contributed by atoms with E-state index < -0.39 is 0 Å². The Bertz CT molecular complexity index is 325. The summed E-state index contributed by atoms with van der Waals surface area (Å²) in [6, 6.07) is 0. The summed E-state index contributed by atoms with van der Waals surface area (Å²) in [7, 11) is 0. The molecule has 2 rings (SSSR count). The van der Waals surface area contributed by atoms with Gasteiger partial charge >= 0.3 is 0 Å². The van der Waals surface area contributed by atoms with E-state index in [0.717, 1.165) is 18.8 Å². The van der Waals surface area contributed by atoms with Crippen molar-refractivity contribution < 1.29 is 0 Å². The van der Waals surface area contributed by atoms with Crippen molar-refractivity contribution in [1.29, 1.82) is 0 Å². The zero-order chi connectivity index (χ0) is 10.2. The summed E-state index contributed by atoms with van der Waals surface area (Å²) < 4.78 is 0. The van der Waals surface area contributed by atoms with E-state index in [2.05, 4.69) is 30.7 Å². The normalized spacial score (nSPS) is 21.8. The Kier molecular flexibility index (Phi) is 2.30. The van der Waals surface area contributed by atoms with Gasteiger partial charge in [0.2, 0.25) is 0 Å². The largest absolute Gasteiger partial charge is 0.258 e. The first-order valence-corrected chi connectivity index (χ1v) is 5.36. The molecule has 14 heavy (non-hydrogen) atoms. The zero-order valence-electron chi connectivity index (χ0n) is 9.25. The number of aromatic nitrogens is 2. The SMILES string of the molecule is CC(C)(C)C1CCc2nccnc2C1. The van der Waals surface area contributed by atoms with Gasteiger partial charge in [0.15, 0.2) is 0 Å². The van der Waals surface area contributed by atoms with Crippen molar-refractivity contribution in [2.75, 3.05) is 0 Å². The van der Waals surface area contributed by atoms with Crippen LogP contribution in [0, 0.1) is 11.3 Å². The standard InChI is InChI=1S/C12H18N2/c1-12(2,3)9-4-5-10-11(8-9)14-7-6-13-10/h6-7,9H,4-5,8H2,1-3H3. The van der Waals surface area contributed by atoms with Gasteiger partial charge in [-0.2, -0.15) is 0 Å². The average molecular weight is 190 g/mol. The van der Waals surface area contributed by atoms with Crippen LogP contribution in [-0.4, -0.2) is 9.97 Å². The molecule has 0 saturated carbocycles. The summed E-state index contributed by atoms with van der Waals surface area (Å²) in [6.45, 7) is 6.96. The highest BCUT2D eigenvalue weighted by molar-refractivity contribution is 5.15. The molecule has 2 nitrogen and oxygen atoms in total. The highest BCUT2D eigenvalue weighted by atomic mass is 14.8. The number of aryl methyl sites for hydroxylation is 1. The minimum absolute atomic E-state index is 0.398. The lowest BCUT2D eigenvalue weighted by molar-refractivity contribution is 0.212. The van der Waals surface area contributed by atoms with Crippen LogP contribution in [0.5, 0.6) is 0 Å². The monoisotopic (exact) mass is 190 g/mol. The van der Waals surface area contributed by atoms with Gasteiger partial charge in [0, 0.05) is 12.4 Å². The van der Waals surface area contributed by atoms with Gasteiger partial charge in [0.25, 0.3) is 0 Å². The first-order valence-electron chi connectivity index (χ1n) is 5.36. The van der Waals surface area contributed by atoms with Crippen molar-refractivity contribution in [1.82, 2.24) is 9.97 Å². The maximum absolute atomic E-state index is 4.42. The first-order chi connectivity index (χ1) is 6.57. The molecule has 1 aliphatic rings. The lowest BCUT2D eigenvalue weighted by atomic mass is 9.72. The molecule has 1 heterocycles. The van der Waals surface area contributed by atoms with Gasteiger partial charge in [-0.1, -0.05) is 20.8 Å². The van der Waals surface area contributed by atoms with Crippen LogP contribution in [0.3, 0.4) is 0 Å². The minimum atomic E-state index is 0.398. The van der Waals surface area contributed by atoms with E-state index in [1.165, 1.54) is 17.8 Å². The van der Waals surface area contributed by atoms with Gasteiger partial charge < -0.3 is 0 Å². The average Bonchev–Trinajstić information content (AvgIpc) is 2.16. The molecule has 0 aromatic carbocycles. The number of rotatable bonds is 0. The molecule has 1 aromatic heterocycles. The van der Waals surface area contributed by atoms with Crippen molar-refractivity contribution in [3.63, 3.8) is 0 Å². The molecule has 0 saturated heterocycles. The summed E-state index contributed by atoms with van der Waals surface area (Å²) in [5.41, 5.74) is 2.83.